The van der Waals surface area contributed by atoms with E-state index < -0.39 is 0 Å². The fraction of sp³-hybridized carbons (Fsp3) is 0.222. The summed E-state index contributed by atoms with van der Waals surface area (Å²) in [7, 11) is 2.14. The van der Waals surface area contributed by atoms with Crippen molar-refractivity contribution in [3.8, 4) is 11.1 Å². The van der Waals surface area contributed by atoms with Crippen molar-refractivity contribution in [1.29, 1.82) is 0 Å². The van der Waals surface area contributed by atoms with Gasteiger partial charge in [0.1, 0.15) is 0 Å². The molecule has 0 spiro atoms. The van der Waals surface area contributed by atoms with E-state index in [1.165, 1.54) is 33.2 Å². The molecule has 0 amide bonds. The number of nitrogens with zero attached hydrogens (tertiary/aromatic N) is 1. The fourth-order valence-electron chi connectivity index (χ4n) is 3.64. The Bertz CT molecular complexity index is 806. The molecule has 0 saturated carbocycles. The lowest BCUT2D eigenvalue weighted by molar-refractivity contribution is 0.662. The van der Waals surface area contributed by atoms with Gasteiger partial charge >= 0.3 is 0 Å². The Hall–Kier alpha value is -2.02. The topological polar surface area (TPSA) is 4.93 Å². The van der Waals surface area contributed by atoms with Crippen molar-refractivity contribution in [3.05, 3.63) is 59.8 Å². The van der Waals surface area contributed by atoms with Crippen LogP contribution >= 0.6 is 0 Å². The first-order chi connectivity index (χ1) is 9.10. The average Bonchev–Trinajstić information content (AvgIpc) is 2.89. The minimum atomic E-state index is 0.0809. The van der Waals surface area contributed by atoms with Crippen molar-refractivity contribution in [2.24, 2.45) is 7.05 Å². The summed E-state index contributed by atoms with van der Waals surface area (Å²) < 4.78 is 2.25. The molecule has 1 nitrogen and oxygen atoms in total. The first kappa shape index (κ1) is 10.9. The zero-order chi connectivity index (χ0) is 13.2. The fourth-order valence-corrected chi connectivity index (χ4v) is 3.64. The van der Waals surface area contributed by atoms with Crippen LogP contribution in [0.15, 0.2) is 48.7 Å². The molecular weight excluding hydrogens is 230 g/mol. The monoisotopic (exact) mass is 247 g/mol. The maximum atomic E-state index is 2.34. The molecule has 1 aliphatic carbocycles. The first-order valence-corrected chi connectivity index (χ1v) is 6.79. The van der Waals surface area contributed by atoms with Crippen molar-refractivity contribution in [2.45, 2.75) is 19.3 Å². The molecule has 3 aromatic rings. The molecule has 0 bridgehead atoms. The molecule has 2 aromatic carbocycles. The lowest BCUT2D eigenvalue weighted by Crippen LogP contribution is -2.16. The predicted octanol–water partition coefficient (Wildman–Crippen LogP) is 4.48. The molecule has 4 rings (SSSR count). The third-order valence-corrected chi connectivity index (χ3v) is 4.56. The van der Waals surface area contributed by atoms with Gasteiger partial charge in [0.05, 0.1) is 5.52 Å². The summed E-state index contributed by atoms with van der Waals surface area (Å²) in [4.78, 5) is 0. The Kier molecular flexibility index (Phi) is 1.88. The van der Waals surface area contributed by atoms with Crippen LogP contribution < -0.4 is 0 Å². The van der Waals surface area contributed by atoms with Crippen LogP contribution in [0.25, 0.3) is 22.0 Å². The molecule has 0 N–H and O–H groups in total. The zero-order valence-corrected chi connectivity index (χ0v) is 11.6. The molecule has 1 aliphatic rings. The van der Waals surface area contributed by atoms with E-state index in [1.807, 2.05) is 0 Å². The SMILES string of the molecule is Cn1ccc2ccc3c(c21)C(C)(C)c1ccccc1-3. The van der Waals surface area contributed by atoms with Gasteiger partial charge < -0.3 is 4.57 Å². The van der Waals surface area contributed by atoms with Crippen LogP contribution in [0.1, 0.15) is 25.0 Å². The number of benzene rings is 2. The van der Waals surface area contributed by atoms with Gasteiger partial charge in [-0.1, -0.05) is 50.2 Å². The summed E-state index contributed by atoms with van der Waals surface area (Å²) >= 11 is 0. The van der Waals surface area contributed by atoms with Crippen LogP contribution in [-0.2, 0) is 12.5 Å². The molecule has 0 aliphatic heterocycles. The second-order valence-electron chi connectivity index (χ2n) is 6.02. The van der Waals surface area contributed by atoms with Crippen LogP contribution in [0.2, 0.25) is 0 Å². The highest BCUT2D eigenvalue weighted by Crippen LogP contribution is 2.50. The molecule has 0 fully saturated rings. The molecule has 1 heterocycles. The van der Waals surface area contributed by atoms with Gasteiger partial charge in [-0.25, -0.2) is 0 Å². The standard InChI is InChI=1S/C18H17N/c1-18(2)15-7-5-4-6-13(15)14-9-8-12-10-11-19(3)17(12)16(14)18/h4-11H,1-3H3. The second-order valence-corrected chi connectivity index (χ2v) is 6.02. The summed E-state index contributed by atoms with van der Waals surface area (Å²) in [5.74, 6) is 0. The quantitative estimate of drug-likeness (QED) is 0.552. The summed E-state index contributed by atoms with van der Waals surface area (Å²) in [5, 5.41) is 1.34. The van der Waals surface area contributed by atoms with Gasteiger partial charge in [0, 0.05) is 18.7 Å². The van der Waals surface area contributed by atoms with Gasteiger partial charge in [0.2, 0.25) is 0 Å². The zero-order valence-electron chi connectivity index (χ0n) is 11.6. The number of aromatic nitrogens is 1. The normalized spacial score (nSPS) is 15.5. The Labute approximate surface area is 113 Å². The predicted molar refractivity (Wildman–Crippen MR) is 80.5 cm³/mol. The van der Waals surface area contributed by atoms with Gasteiger partial charge in [0.25, 0.3) is 0 Å². The van der Waals surface area contributed by atoms with Crippen LogP contribution in [0.4, 0.5) is 0 Å². The van der Waals surface area contributed by atoms with Crippen molar-refractivity contribution in [1.82, 2.24) is 4.57 Å². The Balaban J connectivity index is 2.23. The van der Waals surface area contributed by atoms with Crippen LogP contribution in [0.5, 0.6) is 0 Å². The summed E-state index contributed by atoms with van der Waals surface area (Å²) in [5.41, 5.74) is 7.16. The van der Waals surface area contributed by atoms with Gasteiger partial charge in [-0.15, -0.1) is 0 Å². The van der Waals surface area contributed by atoms with Crippen molar-refractivity contribution >= 4 is 10.9 Å². The van der Waals surface area contributed by atoms with Crippen LogP contribution in [0.3, 0.4) is 0 Å². The Morgan fingerprint density at radius 1 is 0.895 bits per heavy atom. The van der Waals surface area contributed by atoms with E-state index in [-0.39, 0.29) is 5.41 Å². The summed E-state index contributed by atoms with van der Waals surface area (Å²) in [6.07, 6.45) is 2.16. The van der Waals surface area contributed by atoms with E-state index in [1.54, 1.807) is 0 Å². The number of hydrogen-bond donors (Lipinski definition) is 0. The maximum absolute atomic E-state index is 2.34. The smallest absolute Gasteiger partial charge is 0.0525 e. The van der Waals surface area contributed by atoms with Crippen molar-refractivity contribution in [3.63, 3.8) is 0 Å². The number of hydrogen-bond acceptors (Lipinski definition) is 0. The van der Waals surface area contributed by atoms with E-state index >= 15 is 0 Å². The number of fused-ring (bicyclic) bond motifs is 5. The highest BCUT2D eigenvalue weighted by molar-refractivity contribution is 5.95. The minimum Gasteiger partial charge on any atom is -0.350 e. The van der Waals surface area contributed by atoms with Gasteiger partial charge in [0.15, 0.2) is 0 Å². The highest BCUT2D eigenvalue weighted by atomic mass is 14.9. The third-order valence-electron chi connectivity index (χ3n) is 4.56. The van der Waals surface area contributed by atoms with Gasteiger partial charge in [-0.3, -0.25) is 0 Å². The maximum Gasteiger partial charge on any atom is 0.0525 e. The lowest BCUT2D eigenvalue weighted by Gasteiger charge is -2.22. The Morgan fingerprint density at radius 3 is 2.53 bits per heavy atom. The number of rotatable bonds is 0. The summed E-state index contributed by atoms with van der Waals surface area (Å²) in [6.45, 7) is 4.67. The molecule has 94 valence electrons. The number of aryl methyl sites for hydroxylation is 1. The third kappa shape index (κ3) is 1.20. The van der Waals surface area contributed by atoms with Crippen LogP contribution in [-0.4, -0.2) is 4.57 Å². The van der Waals surface area contributed by atoms with E-state index in [0.29, 0.717) is 0 Å². The summed E-state index contributed by atoms with van der Waals surface area (Å²) in [6, 6.07) is 15.5. The van der Waals surface area contributed by atoms with E-state index in [2.05, 4.69) is 74.1 Å². The second kappa shape index (κ2) is 3.30. The van der Waals surface area contributed by atoms with Crippen LogP contribution in [0, 0.1) is 0 Å². The Morgan fingerprint density at radius 2 is 1.68 bits per heavy atom. The highest BCUT2D eigenvalue weighted by Gasteiger charge is 2.37. The van der Waals surface area contributed by atoms with Gasteiger partial charge in [-0.2, -0.15) is 0 Å². The molecule has 0 atom stereocenters. The molecule has 0 radical (unpaired) electrons. The van der Waals surface area contributed by atoms with Crippen molar-refractivity contribution < 1.29 is 0 Å². The molecule has 1 heteroatoms. The largest absolute Gasteiger partial charge is 0.350 e. The lowest BCUT2D eigenvalue weighted by atomic mass is 9.81. The molecule has 0 unspecified atom stereocenters. The molecule has 19 heavy (non-hydrogen) atoms. The van der Waals surface area contributed by atoms with Gasteiger partial charge in [-0.05, 0) is 33.7 Å². The minimum absolute atomic E-state index is 0.0809. The first-order valence-electron chi connectivity index (χ1n) is 6.79. The van der Waals surface area contributed by atoms with E-state index in [9.17, 15) is 0 Å². The molecular formula is C18H17N. The van der Waals surface area contributed by atoms with E-state index in [4.69, 9.17) is 0 Å². The van der Waals surface area contributed by atoms with Crippen molar-refractivity contribution in [2.75, 3.05) is 0 Å². The van der Waals surface area contributed by atoms with E-state index in [0.717, 1.165) is 0 Å². The molecule has 1 aromatic heterocycles. The molecule has 0 saturated heterocycles. The average molecular weight is 247 g/mol.